The van der Waals surface area contributed by atoms with Crippen LogP contribution in [-0.2, 0) is 20.7 Å². The summed E-state index contributed by atoms with van der Waals surface area (Å²) in [5, 5.41) is 2.87. The normalized spacial score (nSPS) is 11.4. The molecule has 1 amide bonds. The average Bonchev–Trinajstić information content (AvgIpc) is 2.86. The number of hydrazine groups is 1. The molecule has 0 aliphatic rings. The van der Waals surface area contributed by atoms with Crippen LogP contribution in [0.3, 0.4) is 0 Å². The second-order valence-electron chi connectivity index (χ2n) is 9.13. The minimum absolute atomic E-state index is 0.173. The van der Waals surface area contributed by atoms with Crippen molar-refractivity contribution in [1.82, 2.24) is 16.2 Å². The third-order valence-corrected chi connectivity index (χ3v) is 5.14. The largest absolute Gasteiger partial charge is 0.458 e. The van der Waals surface area contributed by atoms with E-state index in [0.717, 1.165) is 16.7 Å². The van der Waals surface area contributed by atoms with Crippen molar-refractivity contribution < 1.29 is 14.3 Å². The Bertz CT molecular complexity index is 1180. The standard InChI is InChI=1S/C30H31N3O3/c1-5-31-33-27(26(23-17-11-7-12-18-23)24-19-13-8-14-20-24)28(34)32-25(29(35)36-30(2,3)4)21-22-15-9-6-10-16-22/h1,6-20,25,31,33H,21H2,2-4H3,(H,32,34)/t25-/m0/s1. The lowest BCUT2D eigenvalue weighted by molar-refractivity contribution is -0.158. The average molecular weight is 482 g/mol. The number of carbonyl (C=O) groups is 2. The summed E-state index contributed by atoms with van der Waals surface area (Å²) in [4.78, 5) is 26.9. The van der Waals surface area contributed by atoms with Gasteiger partial charge in [-0.25, -0.2) is 4.79 Å². The zero-order valence-corrected chi connectivity index (χ0v) is 20.7. The summed E-state index contributed by atoms with van der Waals surface area (Å²) in [5.41, 5.74) is 8.02. The summed E-state index contributed by atoms with van der Waals surface area (Å²) in [5.74, 6) is -1.03. The first kappa shape index (κ1) is 26.1. The number of terminal acetylenes is 1. The summed E-state index contributed by atoms with van der Waals surface area (Å²) >= 11 is 0. The Kier molecular flexibility index (Phi) is 8.90. The Hall–Kier alpha value is -4.50. The molecular weight excluding hydrogens is 450 g/mol. The molecule has 3 aromatic rings. The number of hydrogen-bond acceptors (Lipinski definition) is 5. The first-order valence-corrected chi connectivity index (χ1v) is 11.7. The highest BCUT2D eigenvalue weighted by molar-refractivity contribution is 6.05. The molecule has 0 bridgehead atoms. The van der Waals surface area contributed by atoms with Crippen molar-refractivity contribution in [3.05, 3.63) is 113 Å². The summed E-state index contributed by atoms with van der Waals surface area (Å²) in [6.07, 6.45) is 5.69. The van der Waals surface area contributed by atoms with Crippen molar-refractivity contribution in [2.45, 2.75) is 38.8 Å². The molecule has 1 atom stereocenters. The molecule has 0 fully saturated rings. The van der Waals surface area contributed by atoms with Crippen LogP contribution in [0.4, 0.5) is 0 Å². The number of nitrogens with one attached hydrogen (secondary N) is 3. The molecule has 3 aromatic carbocycles. The zero-order chi connectivity index (χ0) is 26.0. The minimum atomic E-state index is -0.922. The molecule has 3 N–H and O–H groups in total. The van der Waals surface area contributed by atoms with E-state index in [4.69, 9.17) is 11.2 Å². The third-order valence-electron chi connectivity index (χ3n) is 5.14. The Balaban J connectivity index is 2.06. The van der Waals surface area contributed by atoms with Crippen molar-refractivity contribution in [3.8, 4) is 12.5 Å². The van der Waals surface area contributed by atoms with Crippen LogP contribution in [0.2, 0.25) is 0 Å². The number of rotatable bonds is 9. The van der Waals surface area contributed by atoms with Gasteiger partial charge in [-0.2, -0.15) is 0 Å². The molecule has 0 aromatic heterocycles. The molecule has 6 nitrogen and oxygen atoms in total. The van der Waals surface area contributed by atoms with Crippen LogP contribution >= 0.6 is 0 Å². The monoisotopic (exact) mass is 481 g/mol. The molecule has 6 heteroatoms. The number of benzene rings is 3. The molecule has 3 rings (SSSR count). The zero-order valence-electron chi connectivity index (χ0n) is 20.7. The molecule has 0 unspecified atom stereocenters. The maximum atomic E-state index is 13.8. The van der Waals surface area contributed by atoms with Gasteiger partial charge >= 0.3 is 5.97 Å². The third kappa shape index (κ3) is 7.51. The number of ether oxygens (including phenoxy) is 1. The van der Waals surface area contributed by atoms with E-state index in [-0.39, 0.29) is 12.1 Å². The topological polar surface area (TPSA) is 79.5 Å². The van der Waals surface area contributed by atoms with E-state index in [2.05, 4.69) is 22.2 Å². The summed E-state index contributed by atoms with van der Waals surface area (Å²) in [6, 6.07) is 29.8. The van der Waals surface area contributed by atoms with Gasteiger partial charge in [-0.3, -0.25) is 15.6 Å². The Morgan fingerprint density at radius 2 is 1.36 bits per heavy atom. The van der Waals surface area contributed by atoms with Crippen molar-refractivity contribution in [1.29, 1.82) is 0 Å². The van der Waals surface area contributed by atoms with Crippen LogP contribution in [0, 0.1) is 12.5 Å². The second kappa shape index (κ2) is 12.3. The lowest BCUT2D eigenvalue weighted by atomic mass is 9.95. The molecule has 0 spiro atoms. The highest BCUT2D eigenvalue weighted by atomic mass is 16.6. The van der Waals surface area contributed by atoms with Crippen LogP contribution in [-0.4, -0.2) is 23.5 Å². The molecule has 36 heavy (non-hydrogen) atoms. The van der Waals surface area contributed by atoms with Gasteiger partial charge in [0.25, 0.3) is 5.91 Å². The summed E-state index contributed by atoms with van der Waals surface area (Å²) in [6.45, 7) is 5.37. The molecule has 184 valence electrons. The van der Waals surface area contributed by atoms with Gasteiger partial charge in [0.2, 0.25) is 0 Å². The van der Waals surface area contributed by atoms with Crippen LogP contribution in [0.5, 0.6) is 0 Å². The van der Waals surface area contributed by atoms with Gasteiger partial charge in [0.05, 0.1) is 0 Å². The highest BCUT2D eigenvalue weighted by Crippen LogP contribution is 2.26. The lowest BCUT2D eigenvalue weighted by Crippen LogP contribution is -2.48. The molecule has 0 aliphatic heterocycles. The van der Waals surface area contributed by atoms with Crippen molar-refractivity contribution >= 4 is 17.4 Å². The summed E-state index contributed by atoms with van der Waals surface area (Å²) < 4.78 is 5.63. The number of hydrogen-bond donors (Lipinski definition) is 3. The fraction of sp³-hybridized carbons (Fsp3) is 0.200. The number of esters is 1. The molecular formula is C30H31N3O3. The van der Waals surface area contributed by atoms with Gasteiger partial charge in [0, 0.05) is 18.0 Å². The number of amides is 1. The molecule has 0 radical (unpaired) electrons. The first-order chi connectivity index (χ1) is 17.3. The minimum Gasteiger partial charge on any atom is -0.458 e. The predicted molar refractivity (Wildman–Crippen MR) is 142 cm³/mol. The van der Waals surface area contributed by atoms with E-state index in [1.807, 2.05) is 91.0 Å². The van der Waals surface area contributed by atoms with E-state index in [1.54, 1.807) is 20.8 Å². The van der Waals surface area contributed by atoms with Gasteiger partial charge < -0.3 is 10.1 Å². The Labute approximate surface area is 212 Å². The molecule has 0 saturated carbocycles. The quantitative estimate of drug-likeness (QED) is 0.140. The summed E-state index contributed by atoms with van der Waals surface area (Å²) in [7, 11) is 0. The van der Waals surface area contributed by atoms with Crippen molar-refractivity contribution in [3.63, 3.8) is 0 Å². The van der Waals surface area contributed by atoms with E-state index in [9.17, 15) is 9.59 Å². The van der Waals surface area contributed by atoms with E-state index >= 15 is 0 Å². The fourth-order valence-corrected chi connectivity index (χ4v) is 3.64. The van der Waals surface area contributed by atoms with E-state index in [1.165, 1.54) is 0 Å². The Morgan fingerprint density at radius 1 is 0.861 bits per heavy atom. The lowest BCUT2D eigenvalue weighted by Gasteiger charge is -2.25. The molecule has 0 saturated heterocycles. The smallest absolute Gasteiger partial charge is 0.329 e. The predicted octanol–water partition coefficient (Wildman–Crippen LogP) is 4.20. The van der Waals surface area contributed by atoms with Gasteiger partial charge in [-0.1, -0.05) is 97.4 Å². The van der Waals surface area contributed by atoms with Crippen LogP contribution in [0.15, 0.2) is 96.7 Å². The van der Waals surface area contributed by atoms with E-state index in [0.29, 0.717) is 5.57 Å². The van der Waals surface area contributed by atoms with Crippen molar-refractivity contribution in [2.75, 3.05) is 0 Å². The van der Waals surface area contributed by atoms with Crippen LogP contribution in [0.25, 0.3) is 5.57 Å². The highest BCUT2D eigenvalue weighted by Gasteiger charge is 2.29. The van der Waals surface area contributed by atoms with Gasteiger partial charge in [-0.15, -0.1) is 0 Å². The van der Waals surface area contributed by atoms with Crippen LogP contribution < -0.4 is 16.2 Å². The molecule has 0 aliphatic carbocycles. The SMILES string of the molecule is C#CNNC(C(=O)N[C@@H](Cc1ccccc1)C(=O)OC(C)(C)C)=C(c1ccccc1)c1ccccc1. The van der Waals surface area contributed by atoms with Crippen LogP contribution in [0.1, 0.15) is 37.5 Å². The maximum Gasteiger partial charge on any atom is 0.329 e. The molecule has 0 heterocycles. The van der Waals surface area contributed by atoms with Crippen molar-refractivity contribution in [2.24, 2.45) is 0 Å². The maximum absolute atomic E-state index is 13.8. The second-order valence-corrected chi connectivity index (χ2v) is 9.13. The fourth-order valence-electron chi connectivity index (χ4n) is 3.64. The van der Waals surface area contributed by atoms with Gasteiger partial charge in [-0.05, 0) is 37.5 Å². The van der Waals surface area contributed by atoms with E-state index < -0.39 is 23.5 Å². The number of carbonyl (C=O) groups excluding carboxylic acids is 2. The first-order valence-electron chi connectivity index (χ1n) is 11.7. The van der Waals surface area contributed by atoms with Gasteiger partial charge in [0.15, 0.2) is 0 Å². The van der Waals surface area contributed by atoms with Gasteiger partial charge in [0.1, 0.15) is 17.3 Å². The Morgan fingerprint density at radius 3 is 1.83 bits per heavy atom.